The maximum atomic E-state index is 5.66. The Kier molecular flexibility index (Phi) is 1.97. The Morgan fingerprint density at radius 1 is 1.25 bits per heavy atom. The van der Waals surface area contributed by atoms with Gasteiger partial charge in [0.05, 0.1) is 0 Å². The molecule has 0 spiro atoms. The largest absolute Gasteiger partial charge is 0.446 e. The zero-order valence-electron chi connectivity index (χ0n) is 8.09. The van der Waals surface area contributed by atoms with E-state index in [9.17, 15) is 0 Å². The van der Waals surface area contributed by atoms with Crippen molar-refractivity contribution in [3.8, 4) is 11.6 Å². The summed E-state index contributed by atoms with van der Waals surface area (Å²) in [5, 5.41) is 8.09. The molecule has 0 aromatic carbocycles. The number of nitrogens with two attached hydrogens (primary N) is 1. The van der Waals surface area contributed by atoms with Gasteiger partial charge < -0.3 is 10.2 Å². The molecular formula is C10H7BrN4O. The number of hydrogen-bond acceptors (Lipinski definition) is 4. The number of nitrogen functional groups attached to an aromatic ring is 1. The van der Waals surface area contributed by atoms with Gasteiger partial charge in [-0.05, 0) is 34.1 Å². The summed E-state index contributed by atoms with van der Waals surface area (Å²) in [4.78, 5) is 0. The number of fused-ring (bicyclic) bond motifs is 1. The van der Waals surface area contributed by atoms with Crippen LogP contribution in [0.15, 0.2) is 39.5 Å². The fraction of sp³-hybridized carbons (Fsp3) is 0. The van der Waals surface area contributed by atoms with Crippen LogP contribution in [0.25, 0.3) is 17.2 Å². The second kappa shape index (κ2) is 3.34. The number of hydrogen-bond donors (Lipinski definition) is 1. The summed E-state index contributed by atoms with van der Waals surface area (Å²) in [5.41, 5.74) is 7.02. The molecule has 0 radical (unpaired) electrons. The first-order chi connectivity index (χ1) is 7.74. The molecule has 0 saturated carbocycles. The molecule has 0 bridgehead atoms. The van der Waals surface area contributed by atoms with Crippen LogP contribution in [-0.2, 0) is 0 Å². The van der Waals surface area contributed by atoms with E-state index in [0.717, 1.165) is 0 Å². The molecule has 3 aromatic rings. The van der Waals surface area contributed by atoms with Crippen molar-refractivity contribution < 1.29 is 4.42 Å². The molecule has 5 nitrogen and oxygen atoms in total. The van der Waals surface area contributed by atoms with E-state index in [4.69, 9.17) is 10.2 Å². The highest BCUT2D eigenvalue weighted by molar-refractivity contribution is 9.10. The van der Waals surface area contributed by atoms with Gasteiger partial charge in [0.1, 0.15) is 0 Å². The van der Waals surface area contributed by atoms with E-state index in [1.165, 1.54) is 0 Å². The molecule has 6 heteroatoms. The Morgan fingerprint density at radius 2 is 2.12 bits per heavy atom. The van der Waals surface area contributed by atoms with Crippen LogP contribution in [0.2, 0.25) is 0 Å². The van der Waals surface area contributed by atoms with Crippen molar-refractivity contribution in [3.05, 3.63) is 35.1 Å². The average molecular weight is 279 g/mol. The Bertz CT molecular complexity index is 658. The number of aromatic nitrogens is 3. The molecule has 0 saturated heterocycles. The fourth-order valence-corrected chi connectivity index (χ4v) is 1.82. The topological polar surface area (TPSA) is 69.3 Å². The summed E-state index contributed by atoms with van der Waals surface area (Å²) >= 11 is 3.25. The normalized spacial score (nSPS) is 11.1. The molecule has 3 heterocycles. The summed E-state index contributed by atoms with van der Waals surface area (Å²) in [6.45, 7) is 0. The van der Waals surface area contributed by atoms with Crippen LogP contribution >= 0.6 is 15.9 Å². The SMILES string of the molecule is Nc1ccn2c(-c3ccc(Br)o3)nnc2c1. The van der Waals surface area contributed by atoms with E-state index in [2.05, 4.69) is 26.1 Å². The highest BCUT2D eigenvalue weighted by Gasteiger charge is 2.11. The molecule has 0 aliphatic carbocycles. The monoisotopic (exact) mass is 278 g/mol. The highest BCUT2D eigenvalue weighted by Crippen LogP contribution is 2.24. The van der Waals surface area contributed by atoms with E-state index < -0.39 is 0 Å². The van der Waals surface area contributed by atoms with Crippen LogP contribution in [0.4, 0.5) is 5.69 Å². The molecule has 0 amide bonds. The average Bonchev–Trinajstić information content (AvgIpc) is 2.83. The number of rotatable bonds is 1. The number of pyridine rings is 1. The van der Waals surface area contributed by atoms with E-state index >= 15 is 0 Å². The first-order valence-corrected chi connectivity index (χ1v) is 5.39. The zero-order chi connectivity index (χ0) is 11.1. The zero-order valence-corrected chi connectivity index (χ0v) is 9.68. The van der Waals surface area contributed by atoms with Gasteiger partial charge in [-0.1, -0.05) is 0 Å². The lowest BCUT2D eigenvalue weighted by molar-refractivity contribution is 0.550. The van der Waals surface area contributed by atoms with E-state index in [0.29, 0.717) is 27.6 Å². The van der Waals surface area contributed by atoms with Crippen LogP contribution in [0.1, 0.15) is 0 Å². The molecule has 0 fully saturated rings. The Labute approximate surface area is 99.0 Å². The van der Waals surface area contributed by atoms with E-state index in [1.807, 2.05) is 22.7 Å². The van der Waals surface area contributed by atoms with Gasteiger partial charge in [0, 0.05) is 18.0 Å². The lowest BCUT2D eigenvalue weighted by atomic mass is 10.4. The Hall–Kier alpha value is -1.82. The highest BCUT2D eigenvalue weighted by atomic mass is 79.9. The minimum atomic E-state index is 0.653. The smallest absolute Gasteiger partial charge is 0.204 e. The molecule has 80 valence electrons. The van der Waals surface area contributed by atoms with Crippen LogP contribution in [0.5, 0.6) is 0 Å². The summed E-state index contributed by atoms with van der Waals surface area (Å²) < 4.78 is 7.91. The molecule has 0 aliphatic rings. The van der Waals surface area contributed by atoms with Crippen molar-refractivity contribution in [2.75, 3.05) is 5.73 Å². The van der Waals surface area contributed by atoms with Crippen LogP contribution in [0.3, 0.4) is 0 Å². The second-order valence-corrected chi connectivity index (χ2v) is 4.10. The molecule has 3 aromatic heterocycles. The van der Waals surface area contributed by atoms with Crippen LogP contribution < -0.4 is 5.73 Å². The third kappa shape index (κ3) is 1.38. The molecule has 3 rings (SSSR count). The van der Waals surface area contributed by atoms with Gasteiger partial charge in [-0.25, -0.2) is 0 Å². The molecule has 0 aliphatic heterocycles. The second-order valence-electron chi connectivity index (χ2n) is 3.32. The van der Waals surface area contributed by atoms with Crippen LogP contribution in [0, 0.1) is 0 Å². The van der Waals surface area contributed by atoms with Gasteiger partial charge in [0.15, 0.2) is 16.1 Å². The Balaban J connectivity index is 2.25. The minimum absolute atomic E-state index is 0.653. The fourth-order valence-electron chi connectivity index (χ4n) is 1.51. The van der Waals surface area contributed by atoms with Gasteiger partial charge in [-0.2, -0.15) is 0 Å². The van der Waals surface area contributed by atoms with E-state index in [1.54, 1.807) is 12.1 Å². The van der Waals surface area contributed by atoms with Crippen molar-refractivity contribution >= 4 is 27.3 Å². The molecular weight excluding hydrogens is 272 g/mol. The first-order valence-electron chi connectivity index (χ1n) is 4.60. The maximum Gasteiger partial charge on any atom is 0.204 e. The third-order valence-electron chi connectivity index (χ3n) is 2.23. The van der Waals surface area contributed by atoms with Crippen molar-refractivity contribution in [2.24, 2.45) is 0 Å². The predicted octanol–water partition coefficient (Wildman–Crippen LogP) is 2.33. The number of furan rings is 1. The molecule has 0 unspecified atom stereocenters. The first kappa shape index (κ1) is 9.41. The summed E-state index contributed by atoms with van der Waals surface area (Å²) in [7, 11) is 0. The summed E-state index contributed by atoms with van der Waals surface area (Å²) in [6.07, 6.45) is 1.82. The Morgan fingerprint density at radius 3 is 2.88 bits per heavy atom. The van der Waals surface area contributed by atoms with Gasteiger partial charge in [0.2, 0.25) is 5.82 Å². The van der Waals surface area contributed by atoms with Gasteiger partial charge in [-0.15, -0.1) is 10.2 Å². The van der Waals surface area contributed by atoms with Crippen molar-refractivity contribution in [2.45, 2.75) is 0 Å². The predicted molar refractivity (Wildman–Crippen MR) is 62.8 cm³/mol. The number of halogens is 1. The molecule has 2 N–H and O–H groups in total. The maximum absolute atomic E-state index is 5.66. The molecule has 0 atom stereocenters. The van der Waals surface area contributed by atoms with Crippen molar-refractivity contribution in [1.82, 2.24) is 14.6 Å². The van der Waals surface area contributed by atoms with Gasteiger partial charge in [0.25, 0.3) is 0 Å². The van der Waals surface area contributed by atoms with Gasteiger partial charge in [-0.3, -0.25) is 4.40 Å². The summed E-state index contributed by atoms with van der Waals surface area (Å²) in [6, 6.07) is 7.19. The van der Waals surface area contributed by atoms with Crippen molar-refractivity contribution in [1.29, 1.82) is 0 Å². The lowest BCUT2D eigenvalue weighted by Crippen LogP contribution is -1.90. The molecule has 16 heavy (non-hydrogen) atoms. The third-order valence-corrected chi connectivity index (χ3v) is 2.65. The lowest BCUT2D eigenvalue weighted by Gasteiger charge is -1.96. The number of anilines is 1. The minimum Gasteiger partial charge on any atom is -0.446 e. The standard InChI is InChI=1S/C10H7BrN4O/c11-8-2-1-7(16-8)10-14-13-9-5-6(12)3-4-15(9)10/h1-5H,12H2. The number of nitrogens with zero attached hydrogens (tertiary/aromatic N) is 3. The van der Waals surface area contributed by atoms with Gasteiger partial charge >= 0.3 is 0 Å². The van der Waals surface area contributed by atoms with Crippen molar-refractivity contribution in [3.63, 3.8) is 0 Å². The van der Waals surface area contributed by atoms with Crippen LogP contribution in [-0.4, -0.2) is 14.6 Å². The quantitative estimate of drug-likeness (QED) is 0.742. The summed E-state index contributed by atoms with van der Waals surface area (Å²) in [5.74, 6) is 1.31. The van der Waals surface area contributed by atoms with E-state index in [-0.39, 0.29) is 0 Å².